The van der Waals surface area contributed by atoms with E-state index in [-0.39, 0.29) is 11.7 Å². The SMILES string of the molecule is C=CCCC(=O)NCC#Cc1ccc(F)cc1. The summed E-state index contributed by atoms with van der Waals surface area (Å²) in [7, 11) is 0. The van der Waals surface area contributed by atoms with Crippen molar-refractivity contribution in [3.63, 3.8) is 0 Å². The van der Waals surface area contributed by atoms with Crippen LogP contribution in [0.25, 0.3) is 0 Å². The third kappa shape index (κ3) is 5.53. The first-order valence-electron chi connectivity index (χ1n) is 5.34. The van der Waals surface area contributed by atoms with Gasteiger partial charge in [-0.1, -0.05) is 17.9 Å². The van der Waals surface area contributed by atoms with Gasteiger partial charge in [-0.15, -0.1) is 6.58 Å². The zero-order valence-corrected chi connectivity index (χ0v) is 9.50. The van der Waals surface area contributed by atoms with Crippen LogP contribution in [0.5, 0.6) is 0 Å². The summed E-state index contributed by atoms with van der Waals surface area (Å²) in [5.41, 5.74) is 0.728. The van der Waals surface area contributed by atoms with Crippen molar-refractivity contribution >= 4 is 5.91 Å². The minimum absolute atomic E-state index is 0.0432. The minimum Gasteiger partial charge on any atom is -0.345 e. The van der Waals surface area contributed by atoms with Gasteiger partial charge in [0.05, 0.1) is 6.54 Å². The Bertz CT molecular complexity index is 440. The Hall–Kier alpha value is -2.08. The lowest BCUT2D eigenvalue weighted by Gasteiger charge is -1.97. The molecule has 0 spiro atoms. The molecule has 0 saturated carbocycles. The van der Waals surface area contributed by atoms with Crippen LogP contribution in [-0.4, -0.2) is 12.5 Å². The Morgan fingerprint density at radius 3 is 2.76 bits per heavy atom. The van der Waals surface area contributed by atoms with E-state index in [2.05, 4.69) is 23.7 Å². The molecule has 0 fully saturated rings. The maximum atomic E-state index is 12.6. The number of allylic oxidation sites excluding steroid dienone is 1. The maximum absolute atomic E-state index is 12.6. The van der Waals surface area contributed by atoms with Gasteiger partial charge < -0.3 is 5.32 Å². The first-order chi connectivity index (χ1) is 8.22. The Morgan fingerprint density at radius 2 is 2.12 bits per heavy atom. The number of amides is 1. The average molecular weight is 231 g/mol. The number of nitrogens with one attached hydrogen (secondary N) is 1. The smallest absolute Gasteiger partial charge is 0.221 e. The normalized spacial score (nSPS) is 9.00. The monoisotopic (exact) mass is 231 g/mol. The second-order valence-electron chi connectivity index (χ2n) is 3.41. The highest BCUT2D eigenvalue weighted by molar-refractivity contribution is 5.76. The van der Waals surface area contributed by atoms with Crippen LogP contribution < -0.4 is 5.32 Å². The van der Waals surface area contributed by atoms with Gasteiger partial charge in [-0.05, 0) is 30.7 Å². The van der Waals surface area contributed by atoms with E-state index in [1.807, 2.05) is 0 Å². The first-order valence-corrected chi connectivity index (χ1v) is 5.34. The predicted molar refractivity (Wildman–Crippen MR) is 65.7 cm³/mol. The van der Waals surface area contributed by atoms with Crippen LogP contribution in [0.4, 0.5) is 4.39 Å². The summed E-state index contributed by atoms with van der Waals surface area (Å²) >= 11 is 0. The van der Waals surface area contributed by atoms with E-state index in [0.29, 0.717) is 19.4 Å². The highest BCUT2D eigenvalue weighted by Crippen LogP contribution is 2.00. The quantitative estimate of drug-likeness (QED) is 0.625. The molecule has 1 aromatic rings. The molecule has 0 unspecified atom stereocenters. The molecule has 0 aliphatic heterocycles. The Labute approximate surface area is 101 Å². The fourth-order valence-corrected chi connectivity index (χ4v) is 1.14. The number of rotatable bonds is 4. The maximum Gasteiger partial charge on any atom is 0.221 e. The zero-order chi connectivity index (χ0) is 12.5. The summed E-state index contributed by atoms with van der Waals surface area (Å²) in [4.78, 5) is 11.2. The average Bonchev–Trinajstić information content (AvgIpc) is 2.34. The Balaban J connectivity index is 2.33. The third-order valence-electron chi connectivity index (χ3n) is 2.03. The van der Waals surface area contributed by atoms with Crippen LogP contribution in [-0.2, 0) is 4.79 Å². The molecule has 0 saturated heterocycles. The third-order valence-corrected chi connectivity index (χ3v) is 2.03. The molecule has 3 heteroatoms. The molecule has 0 heterocycles. The van der Waals surface area contributed by atoms with Crippen molar-refractivity contribution in [2.24, 2.45) is 0 Å². The van der Waals surface area contributed by atoms with E-state index in [0.717, 1.165) is 5.56 Å². The number of benzene rings is 1. The van der Waals surface area contributed by atoms with Crippen LogP contribution in [0.2, 0.25) is 0 Å². The number of carbonyl (C=O) groups is 1. The molecule has 0 aliphatic carbocycles. The summed E-state index contributed by atoms with van der Waals surface area (Å²) in [6, 6.07) is 5.91. The molecule has 1 aromatic carbocycles. The molecule has 0 atom stereocenters. The lowest BCUT2D eigenvalue weighted by Crippen LogP contribution is -2.22. The van der Waals surface area contributed by atoms with Crippen LogP contribution >= 0.6 is 0 Å². The predicted octanol–water partition coefficient (Wildman–Crippen LogP) is 2.26. The van der Waals surface area contributed by atoms with Gasteiger partial charge in [0.25, 0.3) is 0 Å². The van der Waals surface area contributed by atoms with Crippen molar-refractivity contribution in [3.05, 3.63) is 48.3 Å². The van der Waals surface area contributed by atoms with Gasteiger partial charge in [-0.25, -0.2) is 4.39 Å². The summed E-state index contributed by atoms with van der Waals surface area (Å²) < 4.78 is 12.6. The van der Waals surface area contributed by atoms with E-state index in [1.165, 1.54) is 12.1 Å². The van der Waals surface area contributed by atoms with Crippen LogP contribution in [0.15, 0.2) is 36.9 Å². The minimum atomic E-state index is -0.284. The summed E-state index contributed by atoms with van der Waals surface area (Å²) in [5.74, 6) is 5.30. The van der Waals surface area contributed by atoms with Gasteiger partial charge >= 0.3 is 0 Å². The first kappa shape index (κ1) is 13.0. The summed E-state index contributed by atoms with van der Waals surface area (Å²) in [6.45, 7) is 3.84. The Morgan fingerprint density at radius 1 is 1.41 bits per heavy atom. The fraction of sp³-hybridized carbons (Fsp3) is 0.214. The second kappa shape index (κ2) is 7.24. The molecule has 1 rings (SSSR count). The van der Waals surface area contributed by atoms with Gasteiger partial charge in [-0.3, -0.25) is 4.79 Å². The van der Waals surface area contributed by atoms with E-state index in [9.17, 15) is 9.18 Å². The molecule has 0 aromatic heterocycles. The van der Waals surface area contributed by atoms with Crippen LogP contribution in [0, 0.1) is 17.7 Å². The largest absolute Gasteiger partial charge is 0.345 e. The Kier molecular flexibility index (Phi) is 5.53. The van der Waals surface area contributed by atoms with Crippen LogP contribution in [0.3, 0.4) is 0 Å². The van der Waals surface area contributed by atoms with Gasteiger partial charge in [-0.2, -0.15) is 0 Å². The van der Waals surface area contributed by atoms with Gasteiger partial charge in [0.1, 0.15) is 5.82 Å². The second-order valence-corrected chi connectivity index (χ2v) is 3.41. The number of hydrogen-bond donors (Lipinski definition) is 1. The molecule has 0 radical (unpaired) electrons. The van der Waals surface area contributed by atoms with Gasteiger partial charge in [0.15, 0.2) is 0 Å². The van der Waals surface area contributed by atoms with Crippen molar-refractivity contribution in [2.45, 2.75) is 12.8 Å². The molecule has 17 heavy (non-hydrogen) atoms. The van der Waals surface area contributed by atoms with Crippen molar-refractivity contribution in [1.82, 2.24) is 5.32 Å². The van der Waals surface area contributed by atoms with Crippen molar-refractivity contribution in [3.8, 4) is 11.8 Å². The van der Waals surface area contributed by atoms with E-state index in [4.69, 9.17) is 0 Å². The highest BCUT2D eigenvalue weighted by atomic mass is 19.1. The van der Waals surface area contributed by atoms with Gasteiger partial charge in [0.2, 0.25) is 5.91 Å². The number of carbonyl (C=O) groups excluding carboxylic acids is 1. The fourth-order valence-electron chi connectivity index (χ4n) is 1.14. The molecular formula is C14H14FNO. The summed E-state index contributed by atoms with van der Waals surface area (Å²) in [6.07, 6.45) is 2.79. The van der Waals surface area contributed by atoms with E-state index < -0.39 is 0 Å². The molecule has 1 amide bonds. The van der Waals surface area contributed by atoms with E-state index >= 15 is 0 Å². The molecule has 88 valence electrons. The van der Waals surface area contributed by atoms with Crippen molar-refractivity contribution in [1.29, 1.82) is 0 Å². The zero-order valence-electron chi connectivity index (χ0n) is 9.50. The van der Waals surface area contributed by atoms with Gasteiger partial charge in [0, 0.05) is 12.0 Å². The van der Waals surface area contributed by atoms with Crippen molar-refractivity contribution < 1.29 is 9.18 Å². The highest BCUT2D eigenvalue weighted by Gasteiger charge is 1.95. The topological polar surface area (TPSA) is 29.1 Å². The number of halogens is 1. The summed E-state index contributed by atoms with van der Waals surface area (Å²) in [5, 5.41) is 2.66. The van der Waals surface area contributed by atoms with E-state index in [1.54, 1.807) is 18.2 Å². The molecule has 0 aliphatic rings. The molecule has 1 N–H and O–H groups in total. The molecule has 2 nitrogen and oxygen atoms in total. The van der Waals surface area contributed by atoms with Crippen molar-refractivity contribution in [2.75, 3.05) is 6.54 Å². The lowest BCUT2D eigenvalue weighted by molar-refractivity contribution is -0.120. The number of hydrogen-bond acceptors (Lipinski definition) is 1. The van der Waals surface area contributed by atoms with Crippen LogP contribution in [0.1, 0.15) is 18.4 Å². The molecular weight excluding hydrogens is 217 g/mol. The lowest BCUT2D eigenvalue weighted by atomic mass is 10.2. The standard InChI is InChI=1S/C14H14FNO/c1-2-3-6-14(17)16-11-4-5-12-7-9-13(15)10-8-12/h2,7-10H,1,3,6,11H2,(H,16,17). The molecule has 0 bridgehead atoms.